The lowest BCUT2D eigenvalue weighted by Crippen LogP contribution is -2.58. The van der Waals surface area contributed by atoms with Gasteiger partial charge in [-0.15, -0.1) is 0 Å². The Morgan fingerprint density at radius 1 is 1.13 bits per heavy atom. The van der Waals surface area contributed by atoms with Crippen molar-refractivity contribution >= 4 is 11.5 Å². The first-order valence-electron chi connectivity index (χ1n) is 13.4. The smallest absolute Gasteiger partial charge is 0.317 e. The van der Waals surface area contributed by atoms with Gasteiger partial charge in [-0.25, -0.2) is 9.37 Å². The number of likely N-dealkylation sites (tertiary alicyclic amines) is 1. The van der Waals surface area contributed by atoms with E-state index in [-0.39, 0.29) is 35.6 Å². The number of amides is 1. The molecule has 9 heteroatoms. The van der Waals surface area contributed by atoms with E-state index in [2.05, 4.69) is 44.3 Å². The van der Waals surface area contributed by atoms with E-state index < -0.39 is 0 Å². The highest BCUT2D eigenvalue weighted by Gasteiger charge is 2.49. The second-order valence-electron chi connectivity index (χ2n) is 11.0. The highest BCUT2D eigenvalue weighted by molar-refractivity contribution is 5.92. The average Bonchev–Trinajstić information content (AvgIpc) is 3.41. The van der Waals surface area contributed by atoms with Crippen molar-refractivity contribution in [2.24, 2.45) is 5.41 Å². The third-order valence-electron chi connectivity index (χ3n) is 7.80. The van der Waals surface area contributed by atoms with Crippen molar-refractivity contribution in [2.45, 2.75) is 38.3 Å². The quantitative estimate of drug-likeness (QED) is 0.491. The summed E-state index contributed by atoms with van der Waals surface area (Å²) in [5.41, 5.74) is 5.86. The molecule has 2 saturated heterocycles. The van der Waals surface area contributed by atoms with Crippen LogP contribution in [0.25, 0.3) is 5.57 Å². The second kappa shape index (κ2) is 10.5. The van der Waals surface area contributed by atoms with Gasteiger partial charge in [0.2, 0.25) is 0 Å². The minimum Gasteiger partial charge on any atom is -0.458 e. The van der Waals surface area contributed by atoms with Gasteiger partial charge in [-0.3, -0.25) is 9.78 Å². The van der Waals surface area contributed by atoms with Gasteiger partial charge in [-0.2, -0.15) is 4.98 Å². The van der Waals surface area contributed by atoms with Crippen molar-refractivity contribution < 1.29 is 18.7 Å². The van der Waals surface area contributed by atoms with E-state index in [9.17, 15) is 9.18 Å². The molecule has 202 valence electrons. The molecule has 2 aromatic heterocycles. The van der Waals surface area contributed by atoms with Crippen molar-refractivity contribution in [3.8, 4) is 6.01 Å². The summed E-state index contributed by atoms with van der Waals surface area (Å²) in [5, 5.41) is 3.02. The molecule has 1 aliphatic carbocycles. The largest absolute Gasteiger partial charge is 0.458 e. The molecule has 1 spiro atoms. The molecule has 39 heavy (non-hydrogen) atoms. The highest BCUT2D eigenvalue weighted by atomic mass is 19.1. The summed E-state index contributed by atoms with van der Waals surface area (Å²) in [5.74, 6) is -0.645. The minimum atomic E-state index is -0.344. The number of hydrogen-bond acceptors (Lipinski definition) is 7. The Kier molecular flexibility index (Phi) is 6.86. The van der Waals surface area contributed by atoms with E-state index in [1.807, 2.05) is 19.1 Å². The van der Waals surface area contributed by atoms with Gasteiger partial charge in [0.1, 0.15) is 17.6 Å². The lowest BCUT2D eigenvalue weighted by molar-refractivity contribution is -0.0106. The molecule has 3 aliphatic rings. The number of hydrogen-bond donors (Lipinski definition) is 1. The van der Waals surface area contributed by atoms with Crippen LogP contribution in [0.1, 0.15) is 59.5 Å². The first kappa shape index (κ1) is 25.6. The Bertz CT molecular complexity index is 1370. The molecule has 6 rings (SSSR count). The SMILES string of the molecule is C[C@@H](NC(=O)c1ccnc(O[C@@H]2CCOC2)n1)c1ccc(C(=C2CC3(C2)CN(C)C3)c2ccc(F)cn2)cc1. The first-order chi connectivity index (χ1) is 18.9. The Morgan fingerprint density at radius 2 is 1.92 bits per heavy atom. The molecule has 1 aromatic carbocycles. The van der Waals surface area contributed by atoms with E-state index in [0.29, 0.717) is 18.6 Å². The Balaban J connectivity index is 1.16. The fourth-order valence-corrected chi connectivity index (χ4v) is 5.98. The van der Waals surface area contributed by atoms with E-state index >= 15 is 0 Å². The van der Waals surface area contributed by atoms with Gasteiger partial charge in [-0.1, -0.05) is 29.8 Å². The molecule has 4 heterocycles. The Hall–Kier alpha value is -3.69. The number of benzene rings is 1. The van der Waals surface area contributed by atoms with Crippen molar-refractivity contribution in [3.05, 3.63) is 88.8 Å². The minimum absolute atomic E-state index is 0.0914. The molecule has 1 amide bonds. The second-order valence-corrected chi connectivity index (χ2v) is 11.0. The zero-order valence-corrected chi connectivity index (χ0v) is 22.2. The monoisotopic (exact) mass is 529 g/mol. The van der Waals surface area contributed by atoms with Gasteiger partial charge in [0, 0.05) is 36.7 Å². The van der Waals surface area contributed by atoms with Gasteiger partial charge in [0.25, 0.3) is 5.91 Å². The molecule has 8 nitrogen and oxygen atoms in total. The number of nitrogens with zero attached hydrogens (tertiary/aromatic N) is 4. The molecule has 2 aliphatic heterocycles. The fraction of sp³-hybridized carbons (Fsp3) is 0.400. The standard InChI is InChI=1S/C30H32FN5O3/c1-19(34-28(37)26-9-11-32-29(35-26)39-24-10-12-38-16-24)20-3-5-21(6-4-20)27(25-8-7-23(31)15-33-25)22-13-30(14-22)17-36(2)18-30/h3-9,11,15,19,24H,10,12-14,16-18H2,1-2H3,(H,34,37)/t19-,24-/m1/s1. The molecule has 0 radical (unpaired) electrons. The molecule has 1 saturated carbocycles. The van der Waals surface area contributed by atoms with Crippen LogP contribution >= 0.6 is 0 Å². The van der Waals surface area contributed by atoms with E-state index in [4.69, 9.17) is 9.47 Å². The van der Waals surface area contributed by atoms with Gasteiger partial charge >= 0.3 is 6.01 Å². The number of carbonyl (C=O) groups excluding carboxylic acids is 1. The summed E-state index contributed by atoms with van der Waals surface area (Å²) in [6.07, 6.45) is 5.57. The number of ether oxygens (including phenoxy) is 2. The molecular formula is C30H32FN5O3. The van der Waals surface area contributed by atoms with Crippen molar-refractivity contribution in [2.75, 3.05) is 33.4 Å². The molecule has 0 unspecified atom stereocenters. The van der Waals surface area contributed by atoms with Crippen LogP contribution in [0.4, 0.5) is 4.39 Å². The number of aromatic nitrogens is 3. The summed E-state index contributed by atoms with van der Waals surface area (Å²) >= 11 is 0. The van der Waals surface area contributed by atoms with Gasteiger partial charge in [0.15, 0.2) is 0 Å². The third kappa shape index (κ3) is 5.42. The number of allylic oxidation sites excluding steroid dienone is 1. The summed E-state index contributed by atoms with van der Waals surface area (Å²) < 4.78 is 24.7. The molecule has 0 bridgehead atoms. The van der Waals surface area contributed by atoms with E-state index in [1.165, 1.54) is 24.0 Å². The van der Waals surface area contributed by atoms with Crippen LogP contribution in [-0.2, 0) is 4.74 Å². The molecule has 1 N–H and O–H groups in total. The summed E-state index contributed by atoms with van der Waals surface area (Å²) in [6.45, 7) is 5.32. The molecule has 2 atom stereocenters. The number of pyridine rings is 1. The fourth-order valence-electron chi connectivity index (χ4n) is 5.98. The van der Waals surface area contributed by atoms with Crippen LogP contribution in [0.2, 0.25) is 0 Å². The van der Waals surface area contributed by atoms with Gasteiger partial charge < -0.3 is 19.7 Å². The Morgan fingerprint density at radius 3 is 2.59 bits per heavy atom. The molecule has 3 aromatic rings. The van der Waals surface area contributed by atoms with Crippen LogP contribution in [0.3, 0.4) is 0 Å². The van der Waals surface area contributed by atoms with Crippen LogP contribution in [0, 0.1) is 11.2 Å². The number of nitrogens with one attached hydrogen (secondary N) is 1. The van der Waals surface area contributed by atoms with Crippen LogP contribution in [0.5, 0.6) is 6.01 Å². The average molecular weight is 530 g/mol. The zero-order valence-electron chi connectivity index (χ0n) is 22.2. The lowest BCUT2D eigenvalue weighted by atomic mass is 9.59. The first-order valence-corrected chi connectivity index (χ1v) is 13.4. The predicted molar refractivity (Wildman–Crippen MR) is 144 cm³/mol. The van der Waals surface area contributed by atoms with Crippen LogP contribution in [0.15, 0.2) is 60.4 Å². The maximum absolute atomic E-state index is 13.6. The summed E-state index contributed by atoms with van der Waals surface area (Å²) in [7, 11) is 2.15. The number of rotatable bonds is 7. The van der Waals surface area contributed by atoms with Crippen molar-refractivity contribution in [3.63, 3.8) is 0 Å². The van der Waals surface area contributed by atoms with Gasteiger partial charge in [0.05, 0.1) is 31.1 Å². The third-order valence-corrected chi connectivity index (χ3v) is 7.80. The Labute approximate surface area is 227 Å². The summed E-state index contributed by atoms with van der Waals surface area (Å²) in [6, 6.07) is 12.9. The van der Waals surface area contributed by atoms with Crippen LogP contribution < -0.4 is 10.1 Å². The predicted octanol–water partition coefficient (Wildman–Crippen LogP) is 4.20. The topological polar surface area (TPSA) is 89.5 Å². The summed E-state index contributed by atoms with van der Waals surface area (Å²) in [4.78, 5) is 28.1. The molecule has 3 fully saturated rings. The maximum atomic E-state index is 13.6. The lowest BCUT2D eigenvalue weighted by Gasteiger charge is -2.56. The maximum Gasteiger partial charge on any atom is 0.317 e. The van der Waals surface area contributed by atoms with Gasteiger partial charge in [-0.05, 0) is 56.1 Å². The molecular weight excluding hydrogens is 497 g/mol. The van der Waals surface area contributed by atoms with Crippen molar-refractivity contribution in [1.82, 2.24) is 25.2 Å². The normalized spacial score (nSPS) is 20.7. The highest BCUT2D eigenvalue weighted by Crippen LogP contribution is 2.54. The van der Waals surface area contributed by atoms with Crippen molar-refractivity contribution in [1.29, 1.82) is 0 Å². The number of carbonyl (C=O) groups is 1. The number of halogens is 1. The zero-order chi connectivity index (χ0) is 27.0. The van der Waals surface area contributed by atoms with E-state index in [1.54, 1.807) is 12.1 Å². The van der Waals surface area contributed by atoms with E-state index in [0.717, 1.165) is 54.7 Å². The van der Waals surface area contributed by atoms with Crippen LogP contribution in [-0.4, -0.2) is 65.2 Å².